The van der Waals surface area contributed by atoms with Gasteiger partial charge in [0.2, 0.25) is 5.91 Å². The number of rotatable bonds is 11. The van der Waals surface area contributed by atoms with Crippen LogP contribution in [0.1, 0.15) is 37.6 Å². The van der Waals surface area contributed by atoms with Crippen LogP contribution in [0.4, 0.5) is 0 Å². The summed E-state index contributed by atoms with van der Waals surface area (Å²) in [7, 11) is 1.51. The van der Waals surface area contributed by atoms with Gasteiger partial charge >= 0.3 is 0 Å². The highest BCUT2D eigenvalue weighted by atomic mass is 16.5. The monoisotopic (exact) mass is 409 g/mol. The summed E-state index contributed by atoms with van der Waals surface area (Å²) in [6, 6.07) is 16.4. The SMILES string of the molecule is CCC(C)c1ccc(OCCn2c(CCNC(=O)COC)nc3ccccc32)cc1. The van der Waals surface area contributed by atoms with Crippen LogP contribution in [0.5, 0.6) is 5.75 Å². The highest BCUT2D eigenvalue weighted by molar-refractivity contribution is 5.77. The van der Waals surface area contributed by atoms with Gasteiger partial charge in [-0.25, -0.2) is 4.98 Å². The third-order valence-corrected chi connectivity index (χ3v) is 5.32. The lowest BCUT2D eigenvalue weighted by molar-refractivity contribution is -0.124. The number of amides is 1. The molecule has 0 fully saturated rings. The number of carbonyl (C=O) groups excluding carboxylic acids is 1. The van der Waals surface area contributed by atoms with E-state index in [-0.39, 0.29) is 12.5 Å². The summed E-state index contributed by atoms with van der Waals surface area (Å²) in [4.78, 5) is 16.4. The zero-order chi connectivity index (χ0) is 21.3. The number of carbonyl (C=O) groups is 1. The predicted molar refractivity (Wildman–Crippen MR) is 119 cm³/mol. The Hall–Kier alpha value is -2.86. The average Bonchev–Trinajstić information content (AvgIpc) is 3.11. The molecule has 0 radical (unpaired) electrons. The normalized spacial score (nSPS) is 12.1. The van der Waals surface area contributed by atoms with Gasteiger partial charge in [-0.3, -0.25) is 4.79 Å². The van der Waals surface area contributed by atoms with Crippen LogP contribution in [0.3, 0.4) is 0 Å². The van der Waals surface area contributed by atoms with Crippen LogP contribution in [0.15, 0.2) is 48.5 Å². The van der Waals surface area contributed by atoms with Gasteiger partial charge in [-0.2, -0.15) is 0 Å². The van der Waals surface area contributed by atoms with E-state index in [2.05, 4.69) is 41.9 Å². The van der Waals surface area contributed by atoms with Gasteiger partial charge in [0.1, 0.15) is 24.8 Å². The van der Waals surface area contributed by atoms with Crippen LogP contribution >= 0.6 is 0 Å². The Morgan fingerprint density at radius 2 is 1.93 bits per heavy atom. The molecule has 3 aromatic rings. The van der Waals surface area contributed by atoms with Crippen molar-refractivity contribution in [1.29, 1.82) is 0 Å². The molecule has 1 unspecified atom stereocenters. The lowest BCUT2D eigenvalue weighted by atomic mass is 9.99. The Morgan fingerprint density at radius 3 is 2.67 bits per heavy atom. The number of para-hydroxylation sites is 2. The zero-order valence-electron chi connectivity index (χ0n) is 18.1. The van der Waals surface area contributed by atoms with Crippen molar-refractivity contribution in [3.8, 4) is 5.75 Å². The number of nitrogens with zero attached hydrogens (tertiary/aromatic N) is 2. The molecule has 0 bridgehead atoms. The molecule has 0 spiro atoms. The first-order valence-corrected chi connectivity index (χ1v) is 10.5. The number of imidazole rings is 1. The van der Waals surface area contributed by atoms with Gasteiger partial charge in [-0.15, -0.1) is 0 Å². The molecule has 1 heterocycles. The van der Waals surface area contributed by atoms with Crippen molar-refractivity contribution in [2.75, 3.05) is 26.9 Å². The fraction of sp³-hybridized carbons (Fsp3) is 0.417. The van der Waals surface area contributed by atoms with Crippen molar-refractivity contribution in [1.82, 2.24) is 14.9 Å². The van der Waals surface area contributed by atoms with Gasteiger partial charge in [-0.05, 0) is 42.2 Å². The molecule has 2 aromatic carbocycles. The highest BCUT2D eigenvalue weighted by Crippen LogP contribution is 2.22. The van der Waals surface area contributed by atoms with Gasteiger partial charge in [0.25, 0.3) is 0 Å². The number of nitrogens with one attached hydrogen (secondary N) is 1. The van der Waals surface area contributed by atoms with E-state index in [9.17, 15) is 4.79 Å². The van der Waals surface area contributed by atoms with Crippen LogP contribution in [-0.4, -0.2) is 42.3 Å². The van der Waals surface area contributed by atoms with Crippen LogP contribution < -0.4 is 10.1 Å². The zero-order valence-corrected chi connectivity index (χ0v) is 18.1. The number of hydrogen-bond donors (Lipinski definition) is 1. The van der Waals surface area contributed by atoms with Crippen LogP contribution in [0.2, 0.25) is 0 Å². The second kappa shape index (κ2) is 10.8. The van der Waals surface area contributed by atoms with E-state index in [1.807, 2.05) is 30.3 Å². The van der Waals surface area contributed by atoms with Crippen molar-refractivity contribution in [3.05, 3.63) is 59.9 Å². The molecule has 160 valence electrons. The summed E-state index contributed by atoms with van der Waals surface area (Å²) in [5, 5.41) is 2.86. The first-order chi connectivity index (χ1) is 14.6. The van der Waals surface area contributed by atoms with Crippen molar-refractivity contribution in [2.45, 2.75) is 39.2 Å². The highest BCUT2D eigenvalue weighted by Gasteiger charge is 2.11. The van der Waals surface area contributed by atoms with Crippen LogP contribution in [0.25, 0.3) is 11.0 Å². The quantitative estimate of drug-likeness (QED) is 0.521. The molecule has 6 heteroatoms. The maximum atomic E-state index is 11.6. The van der Waals surface area contributed by atoms with E-state index >= 15 is 0 Å². The summed E-state index contributed by atoms with van der Waals surface area (Å²) in [5.41, 5.74) is 3.36. The number of hydrogen-bond acceptors (Lipinski definition) is 4. The molecule has 0 saturated carbocycles. The van der Waals surface area contributed by atoms with Crippen molar-refractivity contribution in [3.63, 3.8) is 0 Å². The summed E-state index contributed by atoms with van der Waals surface area (Å²) in [6.45, 7) is 6.26. The molecule has 6 nitrogen and oxygen atoms in total. The first kappa shape index (κ1) is 21.8. The van der Waals surface area contributed by atoms with Crippen molar-refractivity contribution < 1.29 is 14.3 Å². The van der Waals surface area contributed by atoms with Gasteiger partial charge < -0.3 is 19.4 Å². The van der Waals surface area contributed by atoms with E-state index in [4.69, 9.17) is 14.5 Å². The smallest absolute Gasteiger partial charge is 0.245 e. The molecule has 0 aliphatic heterocycles. The summed E-state index contributed by atoms with van der Waals surface area (Å²) >= 11 is 0. The van der Waals surface area contributed by atoms with E-state index in [0.717, 1.165) is 29.0 Å². The Labute approximate surface area is 178 Å². The number of aromatic nitrogens is 2. The van der Waals surface area contributed by atoms with E-state index in [0.29, 0.717) is 32.0 Å². The molecule has 1 amide bonds. The third-order valence-electron chi connectivity index (χ3n) is 5.32. The summed E-state index contributed by atoms with van der Waals surface area (Å²) in [5.74, 6) is 2.25. The van der Waals surface area contributed by atoms with Gasteiger partial charge in [0.05, 0.1) is 17.6 Å². The largest absolute Gasteiger partial charge is 0.492 e. The molecular formula is C24H31N3O3. The Balaban J connectivity index is 1.63. The average molecular weight is 410 g/mol. The van der Waals surface area contributed by atoms with Crippen molar-refractivity contribution in [2.24, 2.45) is 0 Å². The number of benzene rings is 2. The molecule has 1 aromatic heterocycles. The molecular weight excluding hydrogens is 378 g/mol. The topological polar surface area (TPSA) is 65.4 Å². The van der Waals surface area contributed by atoms with Crippen LogP contribution in [-0.2, 0) is 22.5 Å². The molecule has 3 rings (SSSR count). The van der Waals surface area contributed by atoms with Gasteiger partial charge in [-0.1, -0.05) is 38.1 Å². The number of methoxy groups -OCH3 is 1. The lowest BCUT2D eigenvalue weighted by Crippen LogP contribution is -2.29. The number of fused-ring (bicyclic) bond motifs is 1. The molecule has 0 aliphatic rings. The third kappa shape index (κ3) is 5.60. The molecule has 0 aliphatic carbocycles. The van der Waals surface area contributed by atoms with E-state index in [1.54, 1.807) is 0 Å². The molecule has 30 heavy (non-hydrogen) atoms. The summed E-state index contributed by atoms with van der Waals surface area (Å²) < 4.78 is 13.0. The van der Waals surface area contributed by atoms with Crippen molar-refractivity contribution >= 4 is 16.9 Å². The Morgan fingerprint density at radius 1 is 1.17 bits per heavy atom. The predicted octanol–water partition coefficient (Wildman–Crippen LogP) is 3.93. The second-order valence-corrected chi connectivity index (χ2v) is 7.43. The molecule has 0 saturated heterocycles. The van der Waals surface area contributed by atoms with Gasteiger partial charge in [0.15, 0.2) is 0 Å². The van der Waals surface area contributed by atoms with E-state index in [1.165, 1.54) is 12.7 Å². The first-order valence-electron chi connectivity index (χ1n) is 10.5. The minimum absolute atomic E-state index is 0.0695. The maximum Gasteiger partial charge on any atom is 0.245 e. The minimum atomic E-state index is -0.121. The fourth-order valence-corrected chi connectivity index (χ4v) is 3.44. The second-order valence-electron chi connectivity index (χ2n) is 7.43. The lowest BCUT2D eigenvalue weighted by Gasteiger charge is -2.13. The molecule has 1 N–H and O–H groups in total. The Kier molecular flexibility index (Phi) is 7.85. The maximum absolute atomic E-state index is 11.6. The fourth-order valence-electron chi connectivity index (χ4n) is 3.44. The minimum Gasteiger partial charge on any atom is -0.492 e. The molecule has 1 atom stereocenters. The number of ether oxygens (including phenoxy) is 2. The van der Waals surface area contributed by atoms with E-state index < -0.39 is 0 Å². The van der Waals surface area contributed by atoms with Gasteiger partial charge in [0, 0.05) is 20.1 Å². The standard InChI is InChI=1S/C24H31N3O3/c1-4-18(2)19-9-11-20(12-10-19)30-16-15-27-22-8-6-5-7-21(22)26-23(27)13-14-25-24(28)17-29-3/h5-12,18H,4,13-17H2,1-3H3,(H,25,28). The Bertz CT molecular complexity index is 950. The van der Waals surface area contributed by atoms with Crippen LogP contribution in [0, 0.1) is 0 Å². The summed E-state index contributed by atoms with van der Waals surface area (Å²) in [6.07, 6.45) is 1.77.